The van der Waals surface area contributed by atoms with E-state index in [-0.39, 0.29) is 25.2 Å². The number of rotatable bonds is 19. The molecule has 0 heterocycles. The Bertz CT molecular complexity index is 1020. The molecule has 0 radical (unpaired) electrons. The first-order valence-corrected chi connectivity index (χ1v) is 13.0. The van der Waals surface area contributed by atoms with E-state index in [1.54, 1.807) is 13.8 Å². The quantitative estimate of drug-likeness (QED) is 0.0669. The number of nitrogens with two attached hydrogens (primary N) is 2. The van der Waals surface area contributed by atoms with Gasteiger partial charge in [0.15, 0.2) is 0 Å². The predicted octanol–water partition coefficient (Wildman–Crippen LogP) is -4.36. The van der Waals surface area contributed by atoms with Crippen LogP contribution in [0.5, 0.6) is 0 Å². The van der Waals surface area contributed by atoms with Crippen LogP contribution < -0.4 is 38.1 Å². The maximum atomic E-state index is 12.9. The van der Waals surface area contributed by atoms with Crippen LogP contribution in [0.4, 0.5) is 0 Å². The van der Waals surface area contributed by atoms with Gasteiger partial charge in [0, 0.05) is 12.8 Å². The normalized spacial score (nSPS) is 15.1. The summed E-state index contributed by atoms with van der Waals surface area (Å²) in [7, 11) is 0. The second kappa shape index (κ2) is 18.2. The molecule has 0 spiro atoms. The molecule has 0 rings (SSSR count). The lowest BCUT2D eigenvalue weighted by Gasteiger charge is -2.26. The molecule has 0 unspecified atom stereocenters. The van der Waals surface area contributed by atoms with Crippen molar-refractivity contribution in [2.75, 3.05) is 6.54 Å². The number of amides is 6. The largest absolute Gasteiger partial charge is 0.481 e. The van der Waals surface area contributed by atoms with E-state index in [1.807, 2.05) is 5.32 Å². The molecule has 0 saturated heterocycles. The van der Waals surface area contributed by atoms with Crippen molar-refractivity contribution in [3.05, 3.63) is 0 Å². The number of carbonyl (C=O) groups is 8. The summed E-state index contributed by atoms with van der Waals surface area (Å²) in [5.41, 5.74) is 10.9. The summed E-state index contributed by atoms with van der Waals surface area (Å²) in [5.74, 6) is -8.38. The van der Waals surface area contributed by atoms with Crippen LogP contribution in [-0.2, 0) is 38.4 Å². The van der Waals surface area contributed by atoms with E-state index in [9.17, 15) is 43.5 Å². The molecule has 0 aromatic heterocycles. The lowest BCUT2D eigenvalue weighted by Crippen LogP contribution is -2.60. The summed E-state index contributed by atoms with van der Waals surface area (Å²) in [6.07, 6.45) is -3.03. The van der Waals surface area contributed by atoms with Crippen LogP contribution in [0.1, 0.15) is 53.4 Å². The summed E-state index contributed by atoms with van der Waals surface area (Å²) in [6.45, 7) is 4.91. The molecule has 0 aromatic rings. The summed E-state index contributed by atoms with van der Waals surface area (Å²) in [5, 5.41) is 38.8. The van der Waals surface area contributed by atoms with Gasteiger partial charge in [-0.2, -0.15) is 0 Å². The van der Waals surface area contributed by atoms with Gasteiger partial charge in [-0.1, -0.05) is 13.8 Å². The van der Waals surface area contributed by atoms with Crippen LogP contribution in [0.2, 0.25) is 0 Å². The van der Waals surface area contributed by atoms with Gasteiger partial charge in [0.1, 0.15) is 30.7 Å². The Hall–Kier alpha value is -4.32. The number of nitrogens with one attached hydrogen (secondary N) is 5. The maximum Gasteiger partial charge on any atom is 0.322 e. The van der Waals surface area contributed by atoms with Crippen molar-refractivity contribution in [3.63, 3.8) is 0 Å². The molecule has 0 aliphatic carbocycles. The van der Waals surface area contributed by atoms with Crippen LogP contribution in [0.15, 0.2) is 0 Å². The smallest absolute Gasteiger partial charge is 0.322 e. The highest BCUT2D eigenvalue weighted by atomic mass is 16.4. The van der Waals surface area contributed by atoms with E-state index in [4.69, 9.17) is 21.7 Å². The highest BCUT2D eigenvalue weighted by Gasteiger charge is 2.32. The maximum absolute atomic E-state index is 12.9. The topological polar surface area (TPSA) is 309 Å². The zero-order valence-corrected chi connectivity index (χ0v) is 23.8. The molecule has 0 aliphatic heterocycles. The Morgan fingerprint density at radius 2 is 1.17 bits per heavy atom. The molecular weight excluding hydrogens is 562 g/mol. The summed E-state index contributed by atoms with van der Waals surface area (Å²) >= 11 is 0. The van der Waals surface area contributed by atoms with Gasteiger partial charge in [-0.25, -0.2) is 0 Å². The minimum atomic E-state index is -1.63. The Morgan fingerprint density at radius 3 is 1.62 bits per heavy atom. The SMILES string of the molecule is CC(C)[C@H](N)C(=O)N[C@@H](CCC(=O)O)C(=O)N[C@@H](C)C(=O)N[C@@H](CCC(N)=O)C(=O)N[C@H](C(=O)NCC(=O)O)[C@@H](C)O. The number of carboxylic acid groups (broad SMARTS) is 2. The van der Waals surface area contributed by atoms with Crippen molar-refractivity contribution in [1.82, 2.24) is 26.6 Å². The number of aliphatic hydroxyl groups excluding tert-OH is 1. The zero-order chi connectivity index (χ0) is 32.7. The van der Waals surface area contributed by atoms with Crippen LogP contribution in [-0.4, -0.2) is 106 Å². The third-order valence-corrected chi connectivity index (χ3v) is 5.84. The zero-order valence-electron chi connectivity index (χ0n) is 23.8. The van der Waals surface area contributed by atoms with Crippen LogP contribution in [0.3, 0.4) is 0 Å². The minimum Gasteiger partial charge on any atom is -0.481 e. The van der Waals surface area contributed by atoms with Gasteiger partial charge in [-0.05, 0) is 32.6 Å². The fraction of sp³-hybridized carbons (Fsp3) is 0.667. The molecule has 0 aliphatic rings. The highest BCUT2D eigenvalue weighted by Crippen LogP contribution is 2.05. The first kappa shape index (κ1) is 37.7. The molecule has 18 nitrogen and oxygen atoms in total. The number of aliphatic carboxylic acids is 2. The van der Waals surface area contributed by atoms with E-state index in [2.05, 4.69) is 21.3 Å². The van der Waals surface area contributed by atoms with Crippen molar-refractivity contribution >= 4 is 47.4 Å². The number of hydrogen-bond donors (Lipinski definition) is 10. The Morgan fingerprint density at radius 1 is 0.667 bits per heavy atom. The van der Waals surface area contributed by atoms with Gasteiger partial charge in [-0.3, -0.25) is 38.4 Å². The average molecular weight is 604 g/mol. The second-order valence-electron chi connectivity index (χ2n) is 9.90. The molecule has 0 fully saturated rings. The first-order valence-electron chi connectivity index (χ1n) is 13.0. The van der Waals surface area contributed by atoms with Crippen LogP contribution in [0, 0.1) is 5.92 Å². The van der Waals surface area contributed by atoms with Crippen molar-refractivity contribution < 1.29 is 53.7 Å². The third kappa shape index (κ3) is 14.4. The summed E-state index contributed by atoms with van der Waals surface area (Å²) < 4.78 is 0. The molecular formula is C24H41N7O11. The molecule has 0 bridgehead atoms. The number of carbonyl (C=O) groups excluding carboxylic acids is 6. The van der Waals surface area contributed by atoms with Crippen LogP contribution >= 0.6 is 0 Å². The molecule has 238 valence electrons. The van der Waals surface area contributed by atoms with E-state index in [0.717, 1.165) is 6.92 Å². The fourth-order valence-electron chi connectivity index (χ4n) is 3.27. The van der Waals surface area contributed by atoms with Gasteiger partial charge in [0.2, 0.25) is 35.4 Å². The molecule has 6 amide bonds. The van der Waals surface area contributed by atoms with E-state index in [0.29, 0.717) is 0 Å². The van der Waals surface area contributed by atoms with Gasteiger partial charge in [0.05, 0.1) is 12.1 Å². The number of hydrogen-bond acceptors (Lipinski definition) is 10. The predicted molar refractivity (Wildman–Crippen MR) is 144 cm³/mol. The van der Waals surface area contributed by atoms with Crippen molar-refractivity contribution in [2.45, 2.75) is 89.7 Å². The summed E-state index contributed by atoms with van der Waals surface area (Å²) in [6, 6.07) is -6.83. The average Bonchev–Trinajstić information content (AvgIpc) is 2.88. The number of primary amides is 1. The number of carboxylic acids is 2. The van der Waals surface area contributed by atoms with Gasteiger partial charge >= 0.3 is 11.9 Å². The fourth-order valence-corrected chi connectivity index (χ4v) is 3.27. The van der Waals surface area contributed by atoms with Crippen LogP contribution in [0.25, 0.3) is 0 Å². The Labute approximate surface area is 241 Å². The van der Waals surface area contributed by atoms with Gasteiger partial charge < -0.3 is 53.4 Å². The second-order valence-corrected chi connectivity index (χ2v) is 9.90. The van der Waals surface area contributed by atoms with Crippen molar-refractivity contribution in [3.8, 4) is 0 Å². The van der Waals surface area contributed by atoms with E-state index in [1.165, 1.54) is 6.92 Å². The lowest BCUT2D eigenvalue weighted by atomic mass is 10.0. The van der Waals surface area contributed by atoms with Crippen molar-refractivity contribution in [2.24, 2.45) is 17.4 Å². The van der Waals surface area contributed by atoms with Crippen molar-refractivity contribution in [1.29, 1.82) is 0 Å². The molecule has 0 aromatic carbocycles. The Kier molecular flexibility index (Phi) is 16.3. The molecule has 0 saturated carbocycles. The summed E-state index contributed by atoms with van der Waals surface area (Å²) in [4.78, 5) is 96.3. The van der Waals surface area contributed by atoms with Gasteiger partial charge in [0.25, 0.3) is 0 Å². The molecule has 12 N–H and O–H groups in total. The highest BCUT2D eigenvalue weighted by molar-refractivity contribution is 5.96. The monoisotopic (exact) mass is 603 g/mol. The van der Waals surface area contributed by atoms with Gasteiger partial charge in [-0.15, -0.1) is 0 Å². The standard InChI is InChI=1S/C24H41N7O11/c1-10(2)18(26)23(41)30-14(6-8-16(34)35)21(39)28-11(3)20(38)29-13(5-7-15(25)33)22(40)31-19(12(4)32)24(42)27-9-17(36)37/h10-14,18-19,32H,5-9,26H2,1-4H3,(H2,25,33)(H,27,42)(H,28,39)(H,29,38)(H,30,41)(H,31,40)(H,34,35)(H,36,37)/t11-,12+,13-,14-,18-,19-/m0/s1. The van der Waals surface area contributed by atoms with E-state index >= 15 is 0 Å². The first-order chi connectivity index (χ1) is 19.4. The Balaban J connectivity index is 5.65. The molecule has 42 heavy (non-hydrogen) atoms. The number of aliphatic hydroxyl groups is 1. The molecule has 6 atom stereocenters. The lowest BCUT2D eigenvalue weighted by molar-refractivity contribution is -0.139. The van der Waals surface area contributed by atoms with E-state index < -0.39 is 96.7 Å². The molecule has 18 heteroatoms. The third-order valence-electron chi connectivity index (χ3n) is 5.84. The minimum absolute atomic E-state index is 0.293.